The Morgan fingerprint density at radius 1 is 1.44 bits per heavy atom. The monoisotopic (exact) mass is 222 g/mol. The van der Waals surface area contributed by atoms with Crippen LogP contribution in [0.5, 0.6) is 5.75 Å². The second-order valence-corrected chi connectivity index (χ2v) is 3.95. The van der Waals surface area contributed by atoms with Crippen LogP contribution in [0, 0.1) is 5.92 Å². The Morgan fingerprint density at radius 3 is 2.50 bits per heavy atom. The van der Waals surface area contributed by atoms with Gasteiger partial charge in [-0.15, -0.1) is 0 Å². The molecule has 0 aromatic heterocycles. The number of rotatable bonds is 4. The minimum absolute atomic E-state index is 0.150. The number of phenolic OH excluding ortho intramolecular Hbond substituents is 1. The number of aromatic hydroxyl groups is 1. The second kappa shape index (κ2) is 5.51. The van der Waals surface area contributed by atoms with E-state index in [9.17, 15) is 4.79 Å². The molecule has 1 amide bonds. The summed E-state index contributed by atoms with van der Waals surface area (Å²) in [4.78, 5) is 11.7. The van der Waals surface area contributed by atoms with Crippen LogP contribution in [-0.2, 0) is 4.79 Å². The second-order valence-electron chi connectivity index (χ2n) is 3.95. The highest BCUT2D eigenvalue weighted by Gasteiger charge is 2.19. The van der Waals surface area contributed by atoms with E-state index in [1.54, 1.807) is 12.1 Å². The Hall–Kier alpha value is -1.55. The fourth-order valence-corrected chi connectivity index (χ4v) is 1.28. The van der Waals surface area contributed by atoms with Crippen molar-refractivity contribution in [3.05, 3.63) is 24.3 Å². The Balaban J connectivity index is 2.60. The van der Waals surface area contributed by atoms with Gasteiger partial charge in [-0.25, -0.2) is 0 Å². The first-order chi connectivity index (χ1) is 7.54. The molecule has 0 spiro atoms. The van der Waals surface area contributed by atoms with Gasteiger partial charge in [0.2, 0.25) is 5.91 Å². The molecule has 88 valence electrons. The summed E-state index contributed by atoms with van der Waals surface area (Å²) in [5.41, 5.74) is 6.43. The molecule has 16 heavy (non-hydrogen) atoms. The van der Waals surface area contributed by atoms with Gasteiger partial charge >= 0.3 is 0 Å². The molecular weight excluding hydrogens is 204 g/mol. The summed E-state index contributed by atoms with van der Waals surface area (Å²) in [7, 11) is 0. The van der Waals surface area contributed by atoms with Crippen molar-refractivity contribution in [1.29, 1.82) is 0 Å². The van der Waals surface area contributed by atoms with Gasteiger partial charge in [-0.3, -0.25) is 4.79 Å². The number of nitrogens with two attached hydrogens (primary N) is 1. The third kappa shape index (κ3) is 3.24. The topological polar surface area (TPSA) is 75.4 Å². The molecule has 0 heterocycles. The van der Waals surface area contributed by atoms with Crippen molar-refractivity contribution < 1.29 is 9.90 Å². The summed E-state index contributed by atoms with van der Waals surface area (Å²) in [6, 6.07) is 5.81. The SMILES string of the molecule is CCC(C)C(N)C(=O)Nc1ccc(O)cc1. The zero-order valence-corrected chi connectivity index (χ0v) is 9.60. The molecular formula is C12H18N2O2. The van der Waals surface area contributed by atoms with E-state index >= 15 is 0 Å². The molecule has 0 saturated carbocycles. The number of hydrogen-bond donors (Lipinski definition) is 3. The van der Waals surface area contributed by atoms with E-state index in [-0.39, 0.29) is 17.6 Å². The summed E-state index contributed by atoms with van der Waals surface area (Å²) in [5.74, 6) is 0.126. The molecule has 4 N–H and O–H groups in total. The van der Waals surface area contributed by atoms with E-state index < -0.39 is 6.04 Å². The first kappa shape index (κ1) is 12.5. The number of nitrogens with one attached hydrogen (secondary N) is 1. The predicted molar refractivity (Wildman–Crippen MR) is 64.2 cm³/mol. The minimum Gasteiger partial charge on any atom is -0.508 e. The molecule has 2 unspecified atom stereocenters. The highest BCUT2D eigenvalue weighted by Crippen LogP contribution is 2.15. The van der Waals surface area contributed by atoms with Gasteiger partial charge in [-0.1, -0.05) is 20.3 Å². The van der Waals surface area contributed by atoms with Crippen LogP contribution >= 0.6 is 0 Å². The summed E-state index contributed by atoms with van der Waals surface area (Å²) >= 11 is 0. The maximum Gasteiger partial charge on any atom is 0.241 e. The molecule has 0 bridgehead atoms. The fraction of sp³-hybridized carbons (Fsp3) is 0.417. The average Bonchev–Trinajstić information content (AvgIpc) is 2.30. The summed E-state index contributed by atoms with van der Waals surface area (Å²) in [6.45, 7) is 3.94. The van der Waals surface area contributed by atoms with Gasteiger partial charge in [0.1, 0.15) is 5.75 Å². The third-order valence-electron chi connectivity index (χ3n) is 2.69. The Morgan fingerprint density at radius 2 is 2.00 bits per heavy atom. The Kier molecular flexibility index (Phi) is 4.31. The van der Waals surface area contributed by atoms with Crippen LogP contribution in [0.15, 0.2) is 24.3 Å². The van der Waals surface area contributed by atoms with Crippen molar-refractivity contribution in [2.75, 3.05) is 5.32 Å². The number of anilines is 1. The first-order valence-corrected chi connectivity index (χ1v) is 5.40. The number of hydrogen-bond acceptors (Lipinski definition) is 3. The summed E-state index contributed by atoms with van der Waals surface area (Å²) in [6.07, 6.45) is 0.865. The lowest BCUT2D eigenvalue weighted by molar-refractivity contribution is -0.118. The number of benzene rings is 1. The van der Waals surface area contributed by atoms with Crippen LogP contribution in [0.3, 0.4) is 0 Å². The van der Waals surface area contributed by atoms with Crippen molar-refractivity contribution in [2.24, 2.45) is 11.7 Å². The average molecular weight is 222 g/mol. The lowest BCUT2D eigenvalue weighted by Crippen LogP contribution is -2.40. The number of carbonyl (C=O) groups is 1. The van der Waals surface area contributed by atoms with E-state index in [0.29, 0.717) is 5.69 Å². The van der Waals surface area contributed by atoms with Gasteiger partial charge in [0.05, 0.1) is 6.04 Å². The van der Waals surface area contributed by atoms with Crippen molar-refractivity contribution in [3.63, 3.8) is 0 Å². The van der Waals surface area contributed by atoms with Crippen LogP contribution < -0.4 is 11.1 Å². The molecule has 0 saturated heterocycles. The van der Waals surface area contributed by atoms with Crippen molar-refractivity contribution in [3.8, 4) is 5.75 Å². The van der Waals surface area contributed by atoms with E-state index in [2.05, 4.69) is 5.32 Å². The third-order valence-corrected chi connectivity index (χ3v) is 2.69. The Labute approximate surface area is 95.5 Å². The lowest BCUT2D eigenvalue weighted by atomic mass is 9.99. The largest absolute Gasteiger partial charge is 0.508 e. The number of carbonyl (C=O) groups excluding carboxylic acids is 1. The standard InChI is InChI=1S/C12H18N2O2/c1-3-8(2)11(13)12(16)14-9-4-6-10(15)7-5-9/h4-8,11,15H,3,13H2,1-2H3,(H,14,16). The molecule has 1 rings (SSSR count). The lowest BCUT2D eigenvalue weighted by Gasteiger charge is -2.17. The molecule has 4 heteroatoms. The summed E-state index contributed by atoms with van der Waals surface area (Å²) in [5, 5.41) is 11.8. The van der Waals surface area contributed by atoms with Gasteiger partial charge in [-0.05, 0) is 30.2 Å². The van der Waals surface area contributed by atoms with Crippen LogP contribution in [0.2, 0.25) is 0 Å². The van der Waals surface area contributed by atoms with E-state index in [0.717, 1.165) is 6.42 Å². The molecule has 1 aromatic rings. The molecule has 0 aliphatic carbocycles. The number of phenols is 1. The van der Waals surface area contributed by atoms with Crippen LogP contribution in [0.1, 0.15) is 20.3 Å². The molecule has 2 atom stereocenters. The smallest absolute Gasteiger partial charge is 0.241 e. The van der Waals surface area contributed by atoms with Crippen LogP contribution in [-0.4, -0.2) is 17.1 Å². The van der Waals surface area contributed by atoms with Crippen molar-refractivity contribution in [2.45, 2.75) is 26.3 Å². The van der Waals surface area contributed by atoms with Crippen LogP contribution in [0.25, 0.3) is 0 Å². The highest BCUT2D eigenvalue weighted by molar-refractivity contribution is 5.94. The molecule has 0 radical (unpaired) electrons. The fourth-order valence-electron chi connectivity index (χ4n) is 1.28. The molecule has 1 aromatic carbocycles. The molecule has 0 aliphatic heterocycles. The minimum atomic E-state index is -0.501. The van der Waals surface area contributed by atoms with Gasteiger partial charge in [0.15, 0.2) is 0 Å². The van der Waals surface area contributed by atoms with Gasteiger partial charge in [0.25, 0.3) is 0 Å². The molecule has 0 aliphatic rings. The van der Waals surface area contributed by atoms with Gasteiger partial charge < -0.3 is 16.2 Å². The van der Waals surface area contributed by atoms with E-state index in [4.69, 9.17) is 10.8 Å². The quantitative estimate of drug-likeness (QED) is 0.679. The van der Waals surface area contributed by atoms with E-state index in [1.165, 1.54) is 12.1 Å². The normalized spacial score (nSPS) is 14.2. The Bertz CT molecular complexity index is 349. The zero-order chi connectivity index (χ0) is 12.1. The van der Waals surface area contributed by atoms with Crippen molar-refractivity contribution in [1.82, 2.24) is 0 Å². The maximum absolute atomic E-state index is 11.7. The van der Waals surface area contributed by atoms with E-state index in [1.807, 2.05) is 13.8 Å². The summed E-state index contributed by atoms with van der Waals surface area (Å²) < 4.78 is 0. The van der Waals surface area contributed by atoms with Gasteiger partial charge in [-0.2, -0.15) is 0 Å². The molecule has 4 nitrogen and oxygen atoms in total. The zero-order valence-electron chi connectivity index (χ0n) is 9.60. The maximum atomic E-state index is 11.7. The van der Waals surface area contributed by atoms with Crippen molar-refractivity contribution >= 4 is 11.6 Å². The first-order valence-electron chi connectivity index (χ1n) is 5.40. The van der Waals surface area contributed by atoms with Crippen LogP contribution in [0.4, 0.5) is 5.69 Å². The van der Waals surface area contributed by atoms with Gasteiger partial charge in [0, 0.05) is 5.69 Å². The predicted octanol–water partition coefficient (Wildman–Crippen LogP) is 1.70. The number of amides is 1. The highest BCUT2D eigenvalue weighted by atomic mass is 16.3. The molecule has 0 fully saturated rings.